The lowest BCUT2D eigenvalue weighted by Gasteiger charge is -2.12. The molecule has 0 fully saturated rings. The summed E-state index contributed by atoms with van der Waals surface area (Å²) in [7, 11) is -1.52. The summed E-state index contributed by atoms with van der Waals surface area (Å²) in [6.45, 7) is 5.88. The highest BCUT2D eigenvalue weighted by Crippen LogP contribution is 1.93. The first-order valence-corrected chi connectivity index (χ1v) is 6.91. The monoisotopic (exact) mass is 153 g/mol. The number of hydrogen-bond donors (Lipinski definition) is 2. The molecule has 0 spiro atoms. The molecule has 1 atom stereocenters. The van der Waals surface area contributed by atoms with E-state index in [1.54, 1.807) is 0 Å². The predicted molar refractivity (Wildman–Crippen MR) is 37.3 cm³/mol. The van der Waals surface area contributed by atoms with Crippen molar-refractivity contribution in [2.45, 2.75) is 19.6 Å². The van der Waals surface area contributed by atoms with Gasteiger partial charge in [0.25, 0.3) is 0 Å². The zero-order chi connectivity index (χ0) is 6.78. The third kappa shape index (κ3) is 6.29. The van der Waals surface area contributed by atoms with E-state index >= 15 is 0 Å². The van der Waals surface area contributed by atoms with Gasteiger partial charge in [0.05, 0.1) is 0 Å². The van der Waals surface area contributed by atoms with E-state index < -0.39 is 19.5 Å². The highest BCUT2D eigenvalue weighted by molar-refractivity contribution is 7.78. The molecule has 0 saturated heterocycles. The van der Waals surface area contributed by atoms with Crippen LogP contribution in [0.2, 0.25) is 19.6 Å². The van der Waals surface area contributed by atoms with Gasteiger partial charge in [-0.25, -0.2) is 8.60 Å². The van der Waals surface area contributed by atoms with Crippen molar-refractivity contribution in [2.24, 2.45) is 0 Å². The minimum absolute atomic E-state index is 1.52. The Kier molecular flexibility index (Phi) is 2.82. The molecule has 0 aromatic rings. The minimum Gasteiger partial charge on any atom is -0.294 e. The summed E-state index contributed by atoms with van der Waals surface area (Å²) >= 11 is -1.82. The van der Waals surface area contributed by atoms with Gasteiger partial charge in [0.1, 0.15) is 8.24 Å². The highest BCUT2D eigenvalue weighted by Gasteiger charge is 2.14. The van der Waals surface area contributed by atoms with Crippen LogP contribution in [-0.4, -0.2) is 17.0 Å². The fraction of sp³-hybridized carbons (Fsp3) is 1.00. The summed E-state index contributed by atoms with van der Waals surface area (Å²) in [4.78, 5) is 0. The van der Waals surface area contributed by atoms with E-state index in [1.165, 1.54) is 0 Å². The Bertz CT molecular complexity index is 99.9. The van der Waals surface area contributed by atoms with E-state index in [1.807, 2.05) is 19.6 Å². The molecule has 8 heavy (non-hydrogen) atoms. The van der Waals surface area contributed by atoms with Crippen LogP contribution in [-0.2, 0) is 11.3 Å². The molecular weight excluding hydrogens is 142 g/mol. The lowest BCUT2D eigenvalue weighted by Crippen LogP contribution is -2.41. The molecule has 0 aliphatic rings. The molecule has 0 heterocycles. The minimum atomic E-state index is -1.82. The molecule has 0 bridgehead atoms. The van der Waals surface area contributed by atoms with Gasteiger partial charge in [-0.15, -0.1) is 0 Å². The first-order valence-electron chi connectivity index (χ1n) is 2.30. The number of rotatable bonds is 2. The SMILES string of the molecule is C[Si](C)(C)NS(=O)O. The summed E-state index contributed by atoms with van der Waals surface area (Å²) in [6.07, 6.45) is 0. The fourth-order valence-electron chi connectivity index (χ4n) is 0.262. The van der Waals surface area contributed by atoms with Crippen molar-refractivity contribution in [1.82, 2.24) is 4.39 Å². The number of hydrogen-bond acceptors (Lipinski definition) is 1. The molecule has 0 aliphatic heterocycles. The van der Waals surface area contributed by atoms with Crippen molar-refractivity contribution in [3.63, 3.8) is 0 Å². The van der Waals surface area contributed by atoms with E-state index in [4.69, 9.17) is 4.55 Å². The maximum atomic E-state index is 10.0. The largest absolute Gasteiger partial charge is 0.294 e. The molecule has 0 aromatic heterocycles. The van der Waals surface area contributed by atoms with Gasteiger partial charge in [-0.2, -0.15) is 0 Å². The maximum absolute atomic E-state index is 10.0. The van der Waals surface area contributed by atoms with Gasteiger partial charge in [-0.05, 0) is 0 Å². The lowest BCUT2D eigenvalue weighted by molar-refractivity contribution is 0.560. The zero-order valence-electron chi connectivity index (χ0n) is 5.26. The quantitative estimate of drug-likeness (QED) is 0.449. The van der Waals surface area contributed by atoms with Crippen LogP contribution < -0.4 is 4.39 Å². The summed E-state index contributed by atoms with van der Waals surface area (Å²) in [5.74, 6) is 0. The Morgan fingerprint density at radius 2 is 1.88 bits per heavy atom. The summed E-state index contributed by atoms with van der Waals surface area (Å²) < 4.78 is 20.9. The van der Waals surface area contributed by atoms with E-state index in [0.29, 0.717) is 0 Å². The first kappa shape index (κ1) is 8.29. The van der Waals surface area contributed by atoms with Crippen LogP contribution in [0.3, 0.4) is 0 Å². The van der Waals surface area contributed by atoms with Crippen LogP contribution >= 0.6 is 0 Å². The topological polar surface area (TPSA) is 49.3 Å². The molecule has 0 rings (SSSR count). The molecule has 0 saturated carbocycles. The van der Waals surface area contributed by atoms with Gasteiger partial charge < -0.3 is 0 Å². The second-order valence-electron chi connectivity index (χ2n) is 2.60. The van der Waals surface area contributed by atoms with Crippen molar-refractivity contribution >= 4 is 19.5 Å². The Balaban J connectivity index is 3.55. The zero-order valence-corrected chi connectivity index (χ0v) is 7.08. The lowest BCUT2D eigenvalue weighted by atomic mass is 11.8. The third-order valence-corrected chi connectivity index (χ3v) is 3.54. The van der Waals surface area contributed by atoms with Crippen molar-refractivity contribution in [3.05, 3.63) is 0 Å². The summed E-state index contributed by atoms with van der Waals surface area (Å²) in [6, 6.07) is 0. The van der Waals surface area contributed by atoms with E-state index in [9.17, 15) is 4.21 Å². The first-order chi connectivity index (χ1) is 3.42. The van der Waals surface area contributed by atoms with Gasteiger partial charge in [0, 0.05) is 0 Å². The Hall–Kier alpha value is 0.287. The van der Waals surface area contributed by atoms with Crippen molar-refractivity contribution in [1.29, 1.82) is 0 Å². The van der Waals surface area contributed by atoms with Crippen LogP contribution in [0.5, 0.6) is 0 Å². The molecular formula is C3H11NO2SSi. The van der Waals surface area contributed by atoms with Gasteiger partial charge in [-0.3, -0.25) is 4.55 Å². The van der Waals surface area contributed by atoms with Gasteiger partial charge >= 0.3 is 0 Å². The van der Waals surface area contributed by atoms with Crippen molar-refractivity contribution < 1.29 is 8.76 Å². The van der Waals surface area contributed by atoms with Crippen molar-refractivity contribution in [3.8, 4) is 0 Å². The van der Waals surface area contributed by atoms with E-state index in [2.05, 4.69) is 4.39 Å². The maximum Gasteiger partial charge on any atom is 0.224 e. The molecule has 2 N–H and O–H groups in total. The second-order valence-corrected chi connectivity index (χ2v) is 8.42. The molecule has 5 heteroatoms. The molecule has 0 radical (unpaired) electrons. The highest BCUT2D eigenvalue weighted by atomic mass is 32.2. The van der Waals surface area contributed by atoms with Crippen molar-refractivity contribution in [2.75, 3.05) is 0 Å². The van der Waals surface area contributed by atoms with Crippen LogP contribution in [0.15, 0.2) is 0 Å². The third-order valence-electron chi connectivity index (χ3n) is 0.393. The number of nitrogens with one attached hydrogen (secondary N) is 1. The molecule has 0 amide bonds. The molecule has 3 nitrogen and oxygen atoms in total. The summed E-state index contributed by atoms with van der Waals surface area (Å²) in [5, 5.41) is 0. The van der Waals surface area contributed by atoms with E-state index in [0.717, 1.165) is 0 Å². The molecule has 0 aromatic carbocycles. The van der Waals surface area contributed by atoms with E-state index in [-0.39, 0.29) is 0 Å². The molecule has 0 aliphatic carbocycles. The summed E-state index contributed by atoms with van der Waals surface area (Å²) in [5.41, 5.74) is 0. The Morgan fingerprint density at radius 1 is 1.50 bits per heavy atom. The standard InChI is InChI=1S/C3H11NO2SSi/c1-8(2,3)4-7(5)6/h4H,1-3H3,(H,5,6). The van der Waals surface area contributed by atoms with Gasteiger partial charge in [0.15, 0.2) is 0 Å². The predicted octanol–water partition coefficient (Wildman–Crippen LogP) is 0.548. The molecule has 50 valence electrons. The molecule has 1 unspecified atom stereocenters. The average molecular weight is 153 g/mol. The normalized spacial score (nSPS) is 16.0. The fourth-order valence-corrected chi connectivity index (χ4v) is 2.36. The van der Waals surface area contributed by atoms with Crippen LogP contribution in [0.4, 0.5) is 0 Å². The average Bonchev–Trinajstić information content (AvgIpc) is 1.21. The smallest absolute Gasteiger partial charge is 0.224 e. The van der Waals surface area contributed by atoms with Crippen LogP contribution in [0.25, 0.3) is 0 Å². The van der Waals surface area contributed by atoms with Crippen LogP contribution in [0, 0.1) is 0 Å². The Labute approximate surface area is 53.0 Å². The van der Waals surface area contributed by atoms with Gasteiger partial charge in [0.2, 0.25) is 11.3 Å². The van der Waals surface area contributed by atoms with Crippen LogP contribution in [0.1, 0.15) is 0 Å². The Morgan fingerprint density at radius 3 is 1.88 bits per heavy atom. The van der Waals surface area contributed by atoms with Gasteiger partial charge in [-0.1, -0.05) is 19.6 Å². The second kappa shape index (κ2) is 2.72.